The van der Waals surface area contributed by atoms with Crippen LogP contribution in [0.4, 0.5) is 4.39 Å². The fraction of sp³-hybridized carbons (Fsp3) is 0.273. The summed E-state index contributed by atoms with van der Waals surface area (Å²) in [6.07, 6.45) is -0.455. The number of hydrogen-bond donors (Lipinski definition) is 0. The number of alkyl halides is 2. The number of methoxy groups -OCH3 is 1. The van der Waals surface area contributed by atoms with Crippen LogP contribution in [0.15, 0.2) is 18.2 Å². The average molecular weight is 279 g/mol. The van der Waals surface area contributed by atoms with E-state index in [9.17, 15) is 14.0 Å². The van der Waals surface area contributed by atoms with Gasteiger partial charge in [0.2, 0.25) is 0 Å². The van der Waals surface area contributed by atoms with Crippen LogP contribution in [-0.4, -0.2) is 23.5 Å². The van der Waals surface area contributed by atoms with Crippen molar-refractivity contribution in [2.45, 2.75) is 11.3 Å². The summed E-state index contributed by atoms with van der Waals surface area (Å²) in [5.41, 5.74) is 0.0747. The maximum Gasteiger partial charge on any atom is 0.173 e. The van der Waals surface area contributed by atoms with E-state index in [0.717, 1.165) is 6.07 Å². The molecule has 1 aromatic rings. The molecule has 0 aliphatic heterocycles. The number of halogens is 3. The number of carbonyl (C=O) groups excluding carboxylic acids is 2. The summed E-state index contributed by atoms with van der Waals surface area (Å²) in [6, 6.07) is 3.69. The first kappa shape index (κ1) is 13.9. The van der Waals surface area contributed by atoms with Crippen LogP contribution in [0, 0.1) is 5.82 Å². The van der Waals surface area contributed by atoms with Gasteiger partial charge in [0.1, 0.15) is 0 Å². The minimum Gasteiger partial charge on any atom is -0.494 e. The van der Waals surface area contributed by atoms with E-state index in [-0.39, 0.29) is 11.3 Å². The molecule has 0 amide bonds. The van der Waals surface area contributed by atoms with Crippen molar-refractivity contribution in [1.82, 2.24) is 0 Å². The standard InChI is InChI=1S/C11H9Cl2FO3/c1-17-10-3-2-6(4-7(10)14)8(15)5-9(16)11(12)13/h2-4,11H,5H2,1H3. The van der Waals surface area contributed by atoms with E-state index in [0.29, 0.717) is 0 Å². The molecule has 17 heavy (non-hydrogen) atoms. The Hall–Kier alpha value is -1.13. The zero-order chi connectivity index (χ0) is 13.0. The molecule has 0 aliphatic carbocycles. The maximum absolute atomic E-state index is 13.3. The predicted molar refractivity (Wildman–Crippen MR) is 62.4 cm³/mol. The Morgan fingerprint density at radius 1 is 1.41 bits per heavy atom. The van der Waals surface area contributed by atoms with Crippen molar-refractivity contribution < 1.29 is 18.7 Å². The first-order chi connectivity index (χ1) is 7.95. The lowest BCUT2D eigenvalue weighted by Crippen LogP contribution is -2.14. The second-order valence-corrected chi connectivity index (χ2v) is 4.31. The van der Waals surface area contributed by atoms with Crippen LogP contribution in [0.25, 0.3) is 0 Å². The first-order valence-electron chi connectivity index (χ1n) is 4.63. The molecule has 0 unspecified atom stereocenters. The molecule has 0 fully saturated rings. The van der Waals surface area contributed by atoms with Gasteiger partial charge in [0.15, 0.2) is 28.0 Å². The topological polar surface area (TPSA) is 43.4 Å². The smallest absolute Gasteiger partial charge is 0.173 e. The summed E-state index contributed by atoms with van der Waals surface area (Å²) in [5.74, 6) is -1.79. The van der Waals surface area contributed by atoms with Gasteiger partial charge in [0.25, 0.3) is 0 Å². The van der Waals surface area contributed by atoms with E-state index in [1.54, 1.807) is 0 Å². The van der Waals surface area contributed by atoms with Crippen molar-refractivity contribution in [2.75, 3.05) is 7.11 Å². The lowest BCUT2D eigenvalue weighted by atomic mass is 10.1. The third-order valence-electron chi connectivity index (χ3n) is 2.05. The monoisotopic (exact) mass is 278 g/mol. The van der Waals surface area contributed by atoms with Crippen LogP contribution in [0.5, 0.6) is 5.75 Å². The SMILES string of the molecule is COc1ccc(C(=O)CC(=O)C(Cl)Cl)cc1F. The van der Waals surface area contributed by atoms with E-state index in [1.807, 2.05) is 0 Å². The highest BCUT2D eigenvalue weighted by atomic mass is 35.5. The van der Waals surface area contributed by atoms with E-state index in [1.165, 1.54) is 19.2 Å². The number of rotatable bonds is 5. The third-order valence-corrected chi connectivity index (χ3v) is 2.54. The van der Waals surface area contributed by atoms with Gasteiger partial charge in [0, 0.05) is 5.56 Å². The first-order valence-corrected chi connectivity index (χ1v) is 5.50. The minimum atomic E-state index is -1.25. The molecular weight excluding hydrogens is 270 g/mol. The highest BCUT2D eigenvalue weighted by Crippen LogP contribution is 2.19. The molecule has 0 bridgehead atoms. The molecule has 0 heterocycles. The van der Waals surface area contributed by atoms with Crippen molar-refractivity contribution in [3.05, 3.63) is 29.6 Å². The van der Waals surface area contributed by atoms with Crippen LogP contribution < -0.4 is 4.74 Å². The van der Waals surface area contributed by atoms with Crippen molar-refractivity contribution in [2.24, 2.45) is 0 Å². The van der Waals surface area contributed by atoms with Gasteiger partial charge in [-0.15, -0.1) is 0 Å². The Morgan fingerprint density at radius 3 is 2.53 bits per heavy atom. The Bertz CT molecular complexity index is 446. The van der Waals surface area contributed by atoms with Gasteiger partial charge in [0.05, 0.1) is 13.5 Å². The minimum absolute atomic E-state index is 0.0282. The molecule has 0 aromatic heterocycles. The van der Waals surface area contributed by atoms with Crippen molar-refractivity contribution >= 4 is 34.8 Å². The van der Waals surface area contributed by atoms with Crippen LogP contribution in [0.1, 0.15) is 16.8 Å². The van der Waals surface area contributed by atoms with Crippen LogP contribution in [-0.2, 0) is 4.79 Å². The summed E-state index contributed by atoms with van der Waals surface area (Å²) in [7, 11) is 1.31. The van der Waals surface area contributed by atoms with Gasteiger partial charge in [-0.3, -0.25) is 9.59 Å². The van der Waals surface area contributed by atoms with Gasteiger partial charge < -0.3 is 4.74 Å². The molecule has 3 nitrogen and oxygen atoms in total. The maximum atomic E-state index is 13.3. The Kier molecular flexibility index (Phi) is 4.90. The zero-order valence-corrected chi connectivity index (χ0v) is 10.4. The van der Waals surface area contributed by atoms with Crippen molar-refractivity contribution in [3.63, 3.8) is 0 Å². The van der Waals surface area contributed by atoms with E-state index >= 15 is 0 Å². The van der Waals surface area contributed by atoms with Crippen molar-refractivity contribution in [1.29, 1.82) is 0 Å². The molecule has 6 heteroatoms. The zero-order valence-electron chi connectivity index (χ0n) is 8.88. The lowest BCUT2D eigenvalue weighted by molar-refractivity contribution is -0.116. The average Bonchev–Trinajstić information content (AvgIpc) is 2.28. The molecule has 0 spiro atoms. The summed E-state index contributed by atoms with van der Waals surface area (Å²) in [4.78, 5) is 21.4. The Morgan fingerprint density at radius 2 is 2.06 bits per heavy atom. The summed E-state index contributed by atoms with van der Waals surface area (Å²) in [5, 5.41) is 0. The Labute approximate surface area is 107 Å². The summed E-state index contributed by atoms with van der Waals surface area (Å²) in [6.45, 7) is 0. The molecule has 0 saturated heterocycles. The largest absolute Gasteiger partial charge is 0.494 e. The van der Waals surface area contributed by atoms with Gasteiger partial charge in [-0.25, -0.2) is 4.39 Å². The van der Waals surface area contributed by atoms with Gasteiger partial charge >= 0.3 is 0 Å². The number of benzene rings is 1. The van der Waals surface area contributed by atoms with E-state index in [4.69, 9.17) is 27.9 Å². The third kappa shape index (κ3) is 3.68. The molecular formula is C11H9Cl2FO3. The molecule has 0 atom stereocenters. The molecule has 0 saturated carbocycles. The fourth-order valence-electron chi connectivity index (χ4n) is 1.18. The number of ketones is 2. The predicted octanol–water partition coefficient (Wildman–Crippen LogP) is 2.78. The normalized spacial score (nSPS) is 10.4. The number of Topliss-reactive ketones (excluding diaryl/α,β-unsaturated/α-hetero) is 2. The fourth-order valence-corrected chi connectivity index (χ4v) is 1.33. The second kappa shape index (κ2) is 5.98. The van der Waals surface area contributed by atoms with Gasteiger partial charge in [-0.2, -0.15) is 0 Å². The molecule has 0 aliphatic rings. The quantitative estimate of drug-likeness (QED) is 0.473. The van der Waals surface area contributed by atoms with Crippen LogP contribution >= 0.6 is 23.2 Å². The van der Waals surface area contributed by atoms with Crippen LogP contribution in [0.2, 0.25) is 0 Å². The Balaban J connectivity index is 2.83. The highest BCUT2D eigenvalue weighted by Gasteiger charge is 2.18. The molecule has 1 aromatic carbocycles. The van der Waals surface area contributed by atoms with Gasteiger partial charge in [-0.05, 0) is 18.2 Å². The molecule has 0 radical (unpaired) electrons. The van der Waals surface area contributed by atoms with Gasteiger partial charge in [-0.1, -0.05) is 23.2 Å². The molecule has 0 N–H and O–H groups in total. The second-order valence-electron chi connectivity index (χ2n) is 3.22. The van der Waals surface area contributed by atoms with Crippen LogP contribution in [0.3, 0.4) is 0 Å². The summed E-state index contributed by atoms with van der Waals surface area (Å²) < 4.78 is 18.0. The van der Waals surface area contributed by atoms with E-state index < -0.39 is 28.6 Å². The summed E-state index contributed by atoms with van der Waals surface area (Å²) >= 11 is 10.6. The van der Waals surface area contributed by atoms with Crippen molar-refractivity contribution in [3.8, 4) is 5.75 Å². The molecule has 1 rings (SSSR count). The number of carbonyl (C=O) groups is 2. The number of hydrogen-bond acceptors (Lipinski definition) is 3. The number of ether oxygens (including phenoxy) is 1. The highest BCUT2D eigenvalue weighted by molar-refractivity contribution is 6.54. The van der Waals surface area contributed by atoms with E-state index in [2.05, 4.69) is 0 Å². The lowest BCUT2D eigenvalue weighted by Gasteiger charge is -2.04. The molecule has 92 valence electrons.